The van der Waals surface area contributed by atoms with Crippen LogP contribution in [0.25, 0.3) is 0 Å². The van der Waals surface area contributed by atoms with Gasteiger partial charge in [0.2, 0.25) is 0 Å². The van der Waals surface area contributed by atoms with Crippen molar-refractivity contribution < 1.29 is 13.5 Å². The Hall–Kier alpha value is -1.20. The zero-order valence-corrected chi connectivity index (χ0v) is 13.6. The van der Waals surface area contributed by atoms with Crippen molar-refractivity contribution in [2.75, 3.05) is 26.2 Å². The molecule has 1 aromatic carbocycles. The van der Waals surface area contributed by atoms with Gasteiger partial charge in [-0.25, -0.2) is 0 Å². The second kappa shape index (κ2) is 7.58. The molecule has 0 amide bonds. The van der Waals surface area contributed by atoms with Gasteiger partial charge in [-0.1, -0.05) is 18.2 Å². The summed E-state index contributed by atoms with van der Waals surface area (Å²) in [7, 11) is 0. The fraction of sp³-hybridized carbons (Fsp3) is 0.667. The van der Waals surface area contributed by atoms with Crippen molar-refractivity contribution in [3.63, 3.8) is 0 Å². The molecule has 1 spiro atoms. The van der Waals surface area contributed by atoms with Crippen LogP contribution < -0.4 is 10.1 Å². The van der Waals surface area contributed by atoms with Crippen LogP contribution in [0.3, 0.4) is 0 Å². The minimum Gasteiger partial charge on any atom is -0.434 e. The lowest BCUT2D eigenvalue weighted by atomic mass is 9.73. The van der Waals surface area contributed by atoms with Crippen LogP contribution in [0.5, 0.6) is 5.75 Å². The molecular formula is C18H26F2N2O. The van der Waals surface area contributed by atoms with Gasteiger partial charge in [-0.15, -0.1) is 0 Å². The highest BCUT2D eigenvalue weighted by Gasteiger charge is 2.33. The molecule has 0 saturated carbocycles. The lowest BCUT2D eigenvalue weighted by molar-refractivity contribution is -0.0507. The smallest absolute Gasteiger partial charge is 0.387 e. The fourth-order valence-electron chi connectivity index (χ4n) is 4.01. The van der Waals surface area contributed by atoms with E-state index in [0.717, 1.165) is 31.7 Å². The van der Waals surface area contributed by atoms with Gasteiger partial charge in [0.25, 0.3) is 0 Å². The van der Waals surface area contributed by atoms with Gasteiger partial charge in [-0.2, -0.15) is 8.78 Å². The van der Waals surface area contributed by atoms with Gasteiger partial charge in [0, 0.05) is 12.1 Å². The molecule has 0 radical (unpaired) electrons. The van der Waals surface area contributed by atoms with E-state index in [0.29, 0.717) is 17.7 Å². The number of likely N-dealkylation sites (tertiary alicyclic amines) is 1. The van der Waals surface area contributed by atoms with E-state index in [4.69, 9.17) is 0 Å². The van der Waals surface area contributed by atoms with Gasteiger partial charge in [-0.3, -0.25) is 4.90 Å². The minimum atomic E-state index is -2.77. The van der Waals surface area contributed by atoms with Crippen molar-refractivity contribution in [3.8, 4) is 5.75 Å². The Balaban J connectivity index is 1.62. The van der Waals surface area contributed by atoms with Crippen molar-refractivity contribution in [2.24, 2.45) is 5.41 Å². The molecule has 2 aliphatic heterocycles. The number of nitrogens with zero attached hydrogens (tertiary/aromatic N) is 1. The first-order chi connectivity index (χ1) is 11.2. The van der Waals surface area contributed by atoms with Crippen LogP contribution in [-0.2, 0) is 6.54 Å². The highest BCUT2D eigenvalue weighted by molar-refractivity contribution is 5.33. The van der Waals surface area contributed by atoms with Crippen LogP contribution in [0, 0.1) is 5.41 Å². The van der Waals surface area contributed by atoms with Crippen molar-refractivity contribution in [3.05, 3.63) is 29.8 Å². The Labute approximate surface area is 137 Å². The number of ether oxygens (including phenoxy) is 1. The molecule has 0 unspecified atom stereocenters. The van der Waals surface area contributed by atoms with Gasteiger partial charge < -0.3 is 10.1 Å². The number of nitrogens with one attached hydrogen (secondary N) is 1. The molecule has 0 aliphatic carbocycles. The Morgan fingerprint density at radius 1 is 1.09 bits per heavy atom. The average molecular weight is 324 g/mol. The summed E-state index contributed by atoms with van der Waals surface area (Å²) in [5, 5.41) is 3.45. The topological polar surface area (TPSA) is 24.5 Å². The highest BCUT2D eigenvalue weighted by Crippen LogP contribution is 2.39. The molecule has 1 N–H and O–H groups in total. The first kappa shape index (κ1) is 16.7. The van der Waals surface area contributed by atoms with Crippen LogP contribution in [0.4, 0.5) is 8.78 Å². The van der Waals surface area contributed by atoms with Crippen LogP contribution in [-0.4, -0.2) is 37.7 Å². The molecule has 128 valence electrons. The van der Waals surface area contributed by atoms with E-state index in [1.807, 2.05) is 12.1 Å². The number of hydrogen-bond donors (Lipinski definition) is 1. The summed E-state index contributed by atoms with van der Waals surface area (Å²) in [6, 6.07) is 7.16. The molecule has 3 nitrogen and oxygen atoms in total. The van der Waals surface area contributed by atoms with E-state index in [1.54, 1.807) is 12.1 Å². The minimum absolute atomic E-state index is 0.309. The third-order valence-corrected chi connectivity index (χ3v) is 5.39. The second-order valence-electron chi connectivity index (χ2n) is 6.87. The Morgan fingerprint density at radius 2 is 1.87 bits per heavy atom. The number of benzene rings is 1. The number of rotatable bonds is 4. The molecule has 0 bridgehead atoms. The zero-order chi connectivity index (χ0) is 16.1. The van der Waals surface area contributed by atoms with E-state index in [9.17, 15) is 8.78 Å². The van der Waals surface area contributed by atoms with Crippen molar-refractivity contribution in [1.29, 1.82) is 0 Å². The van der Waals surface area contributed by atoms with E-state index in [-0.39, 0.29) is 0 Å². The van der Waals surface area contributed by atoms with Gasteiger partial charge in [-0.05, 0) is 69.8 Å². The maximum absolute atomic E-state index is 12.5. The number of halogens is 2. The first-order valence-electron chi connectivity index (χ1n) is 8.63. The zero-order valence-electron chi connectivity index (χ0n) is 13.6. The van der Waals surface area contributed by atoms with Crippen LogP contribution >= 0.6 is 0 Å². The molecule has 2 saturated heterocycles. The third kappa shape index (κ3) is 4.42. The summed E-state index contributed by atoms with van der Waals surface area (Å²) in [6.45, 7) is 2.27. The Morgan fingerprint density at radius 3 is 2.65 bits per heavy atom. The molecule has 2 aliphatic rings. The maximum Gasteiger partial charge on any atom is 0.387 e. The number of para-hydroxylation sites is 1. The summed E-state index contributed by atoms with van der Waals surface area (Å²) in [5.41, 5.74) is 1.35. The largest absolute Gasteiger partial charge is 0.434 e. The summed E-state index contributed by atoms with van der Waals surface area (Å²) in [5.74, 6) is 0.309. The van der Waals surface area contributed by atoms with Gasteiger partial charge in [0.15, 0.2) is 0 Å². The standard InChI is InChI=1S/C18H26F2N2O/c19-17(20)23-16-5-2-1-4-15(16)14-22-12-3-6-18(9-13-22)7-10-21-11-8-18/h1-2,4-5,17,21H,3,6-14H2. The average Bonchev–Trinajstić information content (AvgIpc) is 2.73. The van der Waals surface area contributed by atoms with E-state index < -0.39 is 6.61 Å². The molecule has 2 heterocycles. The predicted molar refractivity (Wildman–Crippen MR) is 86.7 cm³/mol. The summed E-state index contributed by atoms with van der Waals surface area (Å²) >= 11 is 0. The normalized spacial score (nSPS) is 22.2. The summed E-state index contributed by atoms with van der Waals surface area (Å²) in [4.78, 5) is 2.39. The Kier molecular flexibility index (Phi) is 5.49. The SMILES string of the molecule is FC(F)Oc1ccccc1CN1CCCC2(CCNCC2)CC1. The maximum atomic E-state index is 12.5. The summed E-state index contributed by atoms with van der Waals surface area (Å²) in [6.07, 6.45) is 6.24. The highest BCUT2D eigenvalue weighted by atomic mass is 19.3. The van der Waals surface area contributed by atoms with Crippen molar-refractivity contribution in [1.82, 2.24) is 10.2 Å². The number of piperidine rings is 1. The third-order valence-electron chi connectivity index (χ3n) is 5.39. The molecule has 5 heteroatoms. The first-order valence-corrected chi connectivity index (χ1v) is 8.63. The number of hydrogen-bond acceptors (Lipinski definition) is 3. The molecule has 1 aromatic rings. The molecule has 2 fully saturated rings. The van der Waals surface area contributed by atoms with Crippen LogP contribution in [0.15, 0.2) is 24.3 Å². The van der Waals surface area contributed by atoms with E-state index in [2.05, 4.69) is 15.0 Å². The van der Waals surface area contributed by atoms with Crippen LogP contribution in [0.2, 0.25) is 0 Å². The van der Waals surface area contributed by atoms with Gasteiger partial charge in [0.1, 0.15) is 5.75 Å². The summed E-state index contributed by atoms with van der Waals surface area (Å²) < 4.78 is 29.7. The molecule has 0 aromatic heterocycles. The number of alkyl halides is 2. The van der Waals surface area contributed by atoms with E-state index in [1.165, 1.54) is 32.1 Å². The quantitative estimate of drug-likeness (QED) is 0.915. The van der Waals surface area contributed by atoms with Crippen molar-refractivity contribution in [2.45, 2.75) is 45.3 Å². The lowest BCUT2D eigenvalue weighted by Gasteiger charge is -2.37. The lowest BCUT2D eigenvalue weighted by Crippen LogP contribution is -2.37. The van der Waals surface area contributed by atoms with Crippen molar-refractivity contribution >= 4 is 0 Å². The molecule has 23 heavy (non-hydrogen) atoms. The van der Waals surface area contributed by atoms with Gasteiger partial charge in [0.05, 0.1) is 0 Å². The fourth-order valence-corrected chi connectivity index (χ4v) is 4.01. The molecule has 3 rings (SSSR count). The second-order valence-corrected chi connectivity index (χ2v) is 6.87. The molecule has 0 atom stereocenters. The molecular weight excluding hydrogens is 298 g/mol. The van der Waals surface area contributed by atoms with Gasteiger partial charge >= 0.3 is 6.61 Å². The monoisotopic (exact) mass is 324 g/mol. The van der Waals surface area contributed by atoms with Crippen LogP contribution in [0.1, 0.15) is 37.7 Å². The Bertz CT molecular complexity index is 504. The van der Waals surface area contributed by atoms with E-state index >= 15 is 0 Å². The predicted octanol–water partition coefficient (Wildman–Crippen LogP) is 3.64.